The smallest absolute Gasteiger partial charge is 0.351 e. The number of amides is 1. The first-order valence-corrected chi connectivity index (χ1v) is 8.51. The molecule has 1 amide bonds. The number of rotatable bonds is 5. The first-order valence-electron chi connectivity index (χ1n) is 7.63. The number of thiophene rings is 1. The minimum Gasteiger partial charge on any atom is -0.448 e. The first-order chi connectivity index (χ1) is 12.5. The van der Waals surface area contributed by atoms with Crippen LogP contribution in [0, 0.1) is 11.6 Å². The second kappa shape index (κ2) is 7.49. The molecule has 0 aliphatic rings. The molecule has 1 aromatic carbocycles. The van der Waals surface area contributed by atoms with Gasteiger partial charge in [-0.05, 0) is 42.6 Å². The molecule has 0 saturated carbocycles. The second-order valence-electron chi connectivity index (χ2n) is 5.39. The number of carbonyl (C=O) groups excluding carboxylic acids is 2. The quantitative estimate of drug-likeness (QED) is 0.685. The fourth-order valence-corrected chi connectivity index (χ4v) is 3.02. The number of hydrogen-bond acceptors (Lipinski definition) is 4. The first kappa shape index (κ1) is 17.8. The van der Waals surface area contributed by atoms with E-state index >= 15 is 0 Å². The standard InChI is InChI=1S/C18H14F2N2O3S/c1-11(17(23)21-14-5-4-12(19)10-13(14)20)25-18(24)16-15(6-9-26-16)22-7-2-3-8-22/h2-11H,1H3,(H,21,23)/t11-/m0/s1. The van der Waals surface area contributed by atoms with Gasteiger partial charge in [-0.25, -0.2) is 13.6 Å². The maximum Gasteiger partial charge on any atom is 0.351 e. The number of nitrogens with zero attached hydrogens (tertiary/aromatic N) is 1. The number of benzene rings is 1. The molecule has 2 aromatic heterocycles. The molecule has 26 heavy (non-hydrogen) atoms. The van der Waals surface area contributed by atoms with Gasteiger partial charge in [-0.3, -0.25) is 4.79 Å². The summed E-state index contributed by atoms with van der Waals surface area (Å²) in [7, 11) is 0. The van der Waals surface area contributed by atoms with Crippen LogP contribution in [0.5, 0.6) is 0 Å². The van der Waals surface area contributed by atoms with Crippen molar-refractivity contribution < 1.29 is 23.1 Å². The second-order valence-corrected chi connectivity index (χ2v) is 6.30. The molecule has 1 atom stereocenters. The van der Waals surface area contributed by atoms with Crippen LogP contribution in [0.15, 0.2) is 54.2 Å². The normalized spacial score (nSPS) is 11.8. The number of aromatic nitrogens is 1. The minimum atomic E-state index is -1.16. The Hall–Kier alpha value is -3.00. The third-order valence-electron chi connectivity index (χ3n) is 3.55. The van der Waals surface area contributed by atoms with E-state index in [0.29, 0.717) is 16.6 Å². The fourth-order valence-electron chi connectivity index (χ4n) is 2.25. The van der Waals surface area contributed by atoms with Gasteiger partial charge in [0.2, 0.25) is 0 Å². The van der Waals surface area contributed by atoms with Gasteiger partial charge in [0.25, 0.3) is 5.91 Å². The zero-order chi connectivity index (χ0) is 18.7. The molecule has 0 unspecified atom stereocenters. The largest absolute Gasteiger partial charge is 0.448 e. The molecular weight excluding hydrogens is 362 g/mol. The van der Waals surface area contributed by atoms with Gasteiger partial charge >= 0.3 is 5.97 Å². The predicted molar refractivity (Wildman–Crippen MR) is 93.5 cm³/mol. The number of ether oxygens (including phenoxy) is 1. The lowest BCUT2D eigenvalue weighted by molar-refractivity contribution is -0.123. The molecule has 134 valence electrons. The monoisotopic (exact) mass is 376 g/mol. The van der Waals surface area contributed by atoms with Crippen molar-refractivity contribution in [3.63, 3.8) is 0 Å². The minimum absolute atomic E-state index is 0.191. The van der Waals surface area contributed by atoms with Crippen LogP contribution in [0.25, 0.3) is 5.69 Å². The highest BCUT2D eigenvalue weighted by Crippen LogP contribution is 2.23. The van der Waals surface area contributed by atoms with Crippen molar-refractivity contribution >= 4 is 28.9 Å². The molecule has 0 saturated heterocycles. The zero-order valence-electron chi connectivity index (χ0n) is 13.6. The van der Waals surface area contributed by atoms with Crippen molar-refractivity contribution in [2.24, 2.45) is 0 Å². The Labute approximate surface area is 151 Å². The number of anilines is 1. The van der Waals surface area contributed by atoms with Crippen LogP contribution in [-0.2, 0) is 9.53 Å². The molecular formula is C18H14F2N2O3S. The number of halogens is 2. The van der Waals surface area contributed by atoms with E-state index in [9.17, 15) is 18.4 Å². The van der Waals surface area contributed by atoms with Crippen molar-refractivity contribution in [2.75, 3.05) is 5.32 Å². The summed E-state index contributed by atoms with van der Waals surface area (Å²) in [6.07, 6.45) is 2.41. The number of esters is 1. The predicted octanol–water partition coefficient (Wildman–Crippen LogP) is 4.00. The summed E-state index contributed by atoms with van der Waals surface area (Å²) in [6.45, 7) is 1.37. The Kier molecular flexibility index (Phi) is 5.13. The highest BCUT2D eigenvalue weighted by Gasteiger charge is 2.23. The average Bonchev–Trinajstić information content (AvgIpc) is 3.27. The van der Waals surface area contributed by atoms with Gasteiger partial charge in [0.05, 0.1) is 11.4 Å². The molecule has 8 heteroatoms. The van der Waals surface area contributed by atoms with Crippen LogP contribution in [-0.4, -0.2) is 22.5 Å². The summed E-state index contributed by atoms with van der Waals surface area (Å²) in [4.78, 5) is 24.8. The van der Waals surface area contributed by atoms with E-state index in [4.69, 9.17) is 4.74 Å². The van der Waals surface area contributed by atoms with Crippen LogP contribution in [0.4, 0.5) is 14.5 Å². The van der Waals surface area contributed by atoms with Gasteiger partial charge < -0.3 is 14.6 Å². The van der Waals surface area contributed by atoms with Gasteiger partial charge in [0.15, 0.2) is 6.10 Å². The van der Waals surface area contributed by atoms with E-state index < -0.39 is 29.6 Å². The maximum absolute atomic E-state index is 13.6. The Bertz CT molecular complexity index is 938. The Morgan fingerprint density at radius 3 is 2.62 bits per heavy atom. The molecule has 0 aliphatic heterocycles. The van der Waals surface area contributed by atoms with Crippen molar-refractivity contribution in [1.29, 1.82) is 0 Å². The number of nitrogens with one attached hydrogen (secondary N) is 1. The van der Waals surface area contributed by atoms with Crippen LogP contribution < -0.4 is 5.32 Å². The molecule has 0 aliphatic carbocycles. The van der Waals surface area contributed by atoms with Gasteiger partial charge in [-0.1, -0.05) is 0 Å². The molecule has 0 bridgehead atoms. The Morgan fingerprint density at radius 1 is 1.19 bits per heavy atom. The molecule has 3 aromatic rings. The lowest BCUT2D eigenvalue weighted by Crippen LogP contribution is -2.30. The summed E-state index contributed by atoms with van der Waals surface area (Å²) in [5.74, 6) is -3.05. The summed E-state index contributed by atoms with van der Waals surface area (Å²) in [5, 5.41) is 4.01. The maximum atomic E-state index is 13.6. The van der Waals surface area contributed by atoms with Crippen LogP contribution in [0.1, 0.15) is 16.6 Å². The van der Waals surface area contributed by atoms with E-state index in [-0.39, 0.29) is 5.69 Å². The molecule has 0 radical (unpaired) electrons. The van der Waals surface area contributed by atoms with Crippen LogP contribution in [0.3, 0.4) is 0 Å². The molecule has 5 nitrogen and oxygen atoms in total. The van der Waals surface area contributed by atoms with Crippen molar-refractivity contribution in [3.05, 3.63) is 70.7 Å². The summed E-state index contributed by atoms with van der Waals surface area (Å²) >= 11 is 1.19. The summed E-state index contributed by atoms with van der Waals surface area (Å²) in [6, 6.07) is 8.17. The van der Waals surface area contributed by atoms with Crippen molar-refractivity contribution in [1.82, 2.24) is 4.57 Å². The molecule has 0 fully saturated rings. The average molecular weight is 376 g/mol. The van der Waals surface area contributed by atoms with Gasteiger partial charge in [-0.15, -0.1) is 11.3 Å². The van der Waals surface area contributed by atoms with Crippen LogP contribution in [0.2, 0.25) is 0 Å². The highest BCUT2D eigenvalue weighted by atomic mass is 32.1. The van der Waals surface area contributed by atoms with Crippen molar-refractivity contribution in [3.8, 4) is 5.69 Å². The van der Waals surface area contributed by atoms with Crippen molar-refractivity contribution in [2.45, 2.75) is 13.0 Å². The van der Waals surface area contributed by atoms with E-state index in [2.05, 4.69) is 5.32 Å². The van der Waals surface area contributed by atoms with E-state index in [0.717, 1.165) is 12.1 Å². The number of carbonyl (C=O) groups is 2. The molecule has 3 rings (SSSR count). The summed E-state index contributed by atoms with van der Waals surface area (Å²) < 4.78 is 33.4. The highest BCUT2D eigenvalue weighted by molar-refractivity contribution is 7.12. The molecule has 0 spiro atoms. The Morgan fingerprint density at radius 2 is 1.92 bits per heavy atom. The van der Waals surface area contributed by atoms with E-state index in [1.54, 1.807) is 28.4 Å². The SMILES string of the molecule is C[C@H](OC(=O)c1sccc1-n1cccc1)C(=O)Nc1ccc(F)cc1F. The van der Waals surface area contributed by atoms with E-state index in [1.807, 2.05) is 12.1 Å². The lowest BCUT2D eigenvalue weighted by Gasteiger charge is -2.14. The zero-order valence-corrected chi connectivity index (χ0v) is 14.4. The molecule has 2 heterocycles. The fraction of sp³-hybridized carbons (Fsp3) is 0.111. The topological polar surface area (TPSA) is 60.3 Å². The van der Waals surface area contributed by atoms with Gasteiger partial charge in [0.1, 0.15) is 16.5 Å². The third-order valence-corrected chi connectivity index (χ3v) is 4.44. The van der Waals surface area contributed by atoms with E-state index in [1.165, 1.54) is 18.3 Å². The van der Waals surface area contributed by atoms with Gasteiger partial charge in [-0.2, -0.15) is 0 Å². The van der Waals surface area contributed by atoms with Gasteiger partial charge in [0, 0.05) is 18.5 Å². The summed E-state index contributed by atoms with van der Waals surface area (Å²) in [5.41, 5.74) is 0.450. The number of hydrogen-bond donors (Lipinski definition) is 1. The molecule has 1 N–H and O–H groups in total. The van der Waals surface area contributed by atoms with Crippen LogP contribution >= 0.6 is 11.3 Å². The lowest BCUT2D eigenvalue weighted by atomic mass is 10.2. The third kappa shape index (κ3) is 3.80. The Balaban J connectivity index is 1.68.